The predicted molar refractivity (Wildman–Crippen MR) is 99.2 cm³/mol. The number of carbonyl (C=O) groups excluding carboxylic acids is 1. The number of hydrogen-bond donors (Lipinski definition) is 2. The number of carboxylic acid groups (broad SMARTS) is 1. The van der Waals surface area contributed by atoms with Gasteiger partial charge in [-0.15, -0.1) is 0 Å². The summed E-state index contributed by atoms with van der Waals surface area (Å²) in [5.41, 5.74) is 0.996. The second-order valence-electron chi connectivity index (χ2n) is 6.99. The van der Waals surface area contributed by atoms with E-state index in [9.17, 15) is 14.7 Å². The Morgan fingerprint density at radius 3 is 2.65 bits per heavy atom. The van der Waals surface area contributed by atoms with Crippen molar-refractivity contribution in [3.63, 3.8) is 0 Å². The average Bonchev–Trinajstić information content (AvgIpc) is 2.64. The summed E-state index contributed by atoms with van der Waals surface area (Å²) in [6.45, 7) is 3.24. The first-order valence-corrected chi connectivity index (χ1v) is 8.78. The third kappa shape index (κ3) is 4.07. The maximum absolute atomic E-state index is 12.4. The minimum Gasteiger partial charge on any atom is -0.497 e. The first-order chi connectivity index (χ1) is 12.5. The van der Waals surface area contributed by atoms with Crippen LogP contribution in [0.2, 0.25) is 0 Å². The number of carbonyl (C=O) groups is 2. The number of benzene rings is 2. The fraction of sp³-hybridized carbons (Fsp3) is 0.400. The molecule has 1 heterocycles. The largest absolute Gasteiger partial charge is 0.497 e. The number of methoxy groups -OCH3 is 1. The third-order valence-corrected chi connectivity index (χ3v) is 4.85. The number of urea groups is 1. The van der Waals surface area contributed by atoms with Crippen molar-refractivity contribution in [2.24, 2.45) is 11.8 Å². The van der Waals surface area contributed by atoms with Crippen molar-refractivity contribution in [3.8, 4) is 5.75 Å². The number of ether oxygens (including phenoxy) is 1. The predicted octanol–water partition coefficient (Wildman–Crippen LogP) is 3.10. The monoisotopic (exact) mass is 356 g/mol. The average molecular weight is 356 g/mol. The molecular formula is C20H24N2O4. The van der Waals surface area contributed by atoms with Crippen LogP contribution >= 0.6 is 0 Å². The molecule has 26 heavy (non-hydrogen) atoms. The molecule has 1 aliphatic heterocycles. The Bertz CT molecular complexity index is 821. The van der Waals surface area contributed by atoms with Crippen LogP contribution in [0.25, 0.3) is 10.8 Å². The molecule has 138 valence electrons. The molecule has 2 N–H and O–H groups in total. The fourth-order valence-electron chi connectivity index (χ4n) is 3.50. The van der Waals surface area contributed by atoms with E-state index in [-0.39, 0.29) is 18.5 Å². The summed E-state index contributed by atoms with van der Waals surface area (Å²) >= 11 is 0. The number of aliphatic carboxylic acids is 1. The first kappa shape index (κ1) is 18.0. The van der Waals surface area contributed by atoms with E-state index in [0.717, 1.165) is 22.1 Å². The number of carboxylic acids is 1. The van der Waals surface area contributed by atoms with Crippen molar-refractivity contribution in [3.05, 3.63) is 42.0 Å². The molecule has 2 unspecified atom stereocenters. The number of nitrogens with one attached hydrogen (secondary N) is 1. The van der Waals surface area contributed by atoms with Crippen LogP contribution in [0.15, 0.2) is 36.4 Å². The molecule has 0 aliphatic carbocycles. The van der Waals surface area contributed by atoms with Crippen molar-refractivity contribution < 1.29 is 19.4 Å². The van der Waals surface area contributed by atoms with Gasteiger partial charge >= 0.3 is 12.0 Å². The molecule has 3 rings (SSSR count). The lowest BCUT2D eigenvalue weighted by atomic mass is 9.91. The van der Waals surface area contributed by atoms with E-state index in [4.69, 9.17) is 4.74 Å². The topological polar surface area (TPSA) is 78.9 Å². The van der Waals surface area contributed by atoms with Crippen LogP contribution < -0.4 is 10.1 Å². The molecule has 1 aliphatic rings. The van der Waals surface area contributed by atoms with E-state index in [1.54, 1.807) is 12.0 Å². The van der Waals surface area contributed by atoms with Crippen LogP contribution in [0.1, 0.15) is 18.9 Å². The number of fused-ring (bicyclic) bond motifs is 1. The molecule has 0 saturated carbocycles. The van der Waals surface area contributed by atoms with Gasteiger partial charge in [-0.1, -0.05) is 25.1 Å². The summed E-state index contributed by atoms with van der Waals surface area (Å²) in [5, 5.41) is 14.3. The highest BCUT2D eigenvalue weighted by Gasteiger charge is 2.31. The minimum atomic E-state index is -0.834. The summed E-state index contributed by atoms with van der Waals surface area (Å²) in [6.07, 6.45) is 0.618. The van der Waals surface area contributed by atoms with Crippen molar-refractivity contribution in [2.45, 2.75) is 19.9 Å². The van der Waals surface area contributed by atoms with Crippen LogP contribution in [0.5, 0.6) is 5.75 Å². The van der Waals surface area contributed by atoms with E-state index in [0.29, 0.717) is 19.5 Å². The lowest BCUT2D eigenvalue weighted by Gasteiger charge is -2.34. The third-order valence-electron chi connectivity index (χ3n) is 4.85. The van der Waals surface area contributed by atoms with Gasteiger partial charge in [0.25, 0.3) is 0 Å². The van der Waals surface area contributed by atoms with Gasteiger partial charge in [0.2, 0.25) is 0 Å². The molecule has 2 aromatic rings. The molecule has 2 atom stereocenters. The van der Waals surface area contributed by atoms with Crippen molar-refractivity contribution >= 4 is 22.8 Å². The molecule has 2 aromatic carbocycles. The number of amides is 2. The molecule has 0 aromatic heterocycles. The molecule has 1 saturated heterocycles. The molecule has 6 nitrogen and oxygen atoms in total. The summed E-state index contributed by atoms with van der Waals surface area (Å²) in [4.78, 5) is 25.3. The Morgan fingerprint density at radius 2 is 1.92 bits per heavy atom. The highest BCUT2D eigenvalue weighted by atomic mass is 16.5. The lowest BCUT2D eigenvalue weighted by molar-refractivity contribution is -0.143. The van der Waals surface area contributed by atoms with E-state index in [1.165, 1.54) is 0 Å². The maximum atomic E-state index is 12.4. The Hall–Kier alpha value is -2.76. The van der Waals surface area contributed by atoms with Gasteiger partial charge in [-0.2, -0.15) is 0 Å². The SMILES string of the molecule is COc1ccc2cc(CNC(=O)N3CC(C)CC(C(=O)O)C3)ccc2c1. The smallest absolute Gasteiger partial charge is 0.317 e. The summed E-state index contributed by atoms with van der Waals surface area (Å²) in [7, 11) is 1.64. The Kier molecular flexibility index (Phi) is 5.30. The van der Waals surface area contributed by atoms with Gasteiger partial charge in [0.05, 0.1) is 13.0 Å². The highest BCUT2D eigenvalue weighted by molar-refractivity contribution is 5.84. The standard InChI is InChI=1S/C20H24N2O4/c1-13-7-17(19(23)24)12-22(11-13)20(25)21-10-14-3-4-16-9-18(26-2)6-5-15(16)8-14/h3-6,8-9,13,17H,7,10-12H2,1-2H3,(H,21,25)(H,23,24). The molecule has 1 fully saturated rings. The van der Waals surface area contributed by atoms with E-state index < -0.39 is 11.9 Å². The molecular weight excluding hydrogens is 332 g/mol. The van der Waals surface area contributed by atoms with Crippen molar-refractivity contribution in [1.82, 2.24) is 10.2 Å². The van der Waals surface area contributed by atoms with Gasteiger partial charge in [-0.3, -0.25) is 4.79 Å². The van der Waals surface area contributed by atoms with Crippen LogP contribution in [0.4, 0.5) is 4.79 Å². The molecule has 6 heteroatoms. The van der Waals surface area contributed by atoms with Crippen molar-refractivity contribution in [2.75, 3.05) is 20.2 Å². The van der Waals surface area contributed by atoms with E-state index >= 15 is 0 Å². The first-order valence-electron chi connectivity index (χ1n) is 8.78. The zero-order valence-electron chi connectivity index (χ0n) is 15.1. The molecule has 0 spiro atoms. The Balaban J connectivity index is 1.63. The second-order valence-corrected chi connectivity index (χ2v) is 6.99. The van der Waals surface area contributed by atoms with Gasteiger partial charge < -0.3 is 20.1 Å². The maximum Gasteiger partial charge on any atom is 0.317 e. The molecule has 0 bridgehead atoms. The van der Waals surface area contributed by atoms with Crippen LogP contribution in [-0.2, 0) is 11.3 Å². The second kappa shape index (κ2) is 7.64. The van der Waals surface area contributed by atoms with Gasteiger partial charge in [-0.05, 0) is 46.9 Å². The van der Waals surface area contributed by atoms with Gasteiger partial charge in [0.1, 0.15) is 5.75 Å². The summed E-state index contributed by atoms with van der Waals surface area (Å²) in [6, 6.07) is 11.7. The Morgan fingerprint density at radius 1 is 1.19 bits per heavy atom. The fourth-order valence-corrected chi connectivity index (χ4v) is 3.50. The number of likely N-dealkylation sites (tertiary alicyclic amines) is 1. The van der Waals surface area contributed by atoms with Gasteiger partial charge in [0, 0.05) is 19.6 Å². The number of nitrogens with zero attached hydrogens (tertiary/aromatic N) is 1. The highest BCUT2D eigenvalue weighted by Crippen LogP contribution is 2.23. The Labute approximate surface area is 152 Å². The zero-order chi connectivity index (χ0) is 18.7. The van der Waals surface area contributed by atoms with Crippen LogP contribution in [-0.4, -0.2) is 42.2 Å². The summed E-state index contributed by atoms with van der Waals surface area (Å²) < 4.78 is 5.23. The van der Waals surface area contributed by atoms with Gasteiger partial charge in [-0.25, -0.2) is 4.79 Å². The zero-order valence-corrected chi connectivity index (χ0v) is 15.1. The van der Waals surface area contributed by atoms with Crippen LogP contribution in [0.3, 0.4) is 0 Å². The van der Waals surface area contributed by atoms with E-state index in [2.05, 4.69) is 5.32 Å². The summed E-state index contributed by atoms with van der Waals surface area (Å²) in [5.74, 6) is -0.323. The van der Waals surface area contributed by atoms with Crippen molar-refractivity contribution in [1.29, 1.82) is 0 Å². The van der Waals surface area contributed by atoms with Crippen LogP contribution in [0, 0.1) is 11.8 Å². The normalized spacial score (nSPS) is 20.0. The number of hydrogen-bond acceptors (Lipinski definition) is 3. The van der Waals surface area contributed by atoms with Gasteiger partial charge in [0.15, 0.2) is 0 Å². The van der Waals surface area contributed by atoms with E-state index in [1.807, 2.05) is 43.3 Å². The number of rotatable bonds is 4. The minimum absolute atomic E-state index is 0.186. The number of piperidine rings is 1. The molecule has 2 amide bonds. The quantitative estimate of drug-likeness (QED) is 0.882. The molecule has 0 radical (unpaired) electrons. The lowest BCUT2D eigenvalue weighted by Crippen LogP contribution is -2.49.